The number of hydrogen-bond acceptors (Lipinski definition) is 5. The SMILES string of the molecule is CCC(C)C(NC(=O)CCc1c(C)c2cc(Cl)c(O)cc2oc1=O)C(=O)O. The molecule has 2 rings (SSSR count). The fraction of sp³-hybridized carbons (Fsp3) is 0.421. The summed E-state index contributed by atoms with van der Waals surface area (Å²) in [5, 5.41) is 22.1. The van der Waals surface area contributed by atoms with Gasteiger partial charge in [0.1, 0.15) is 17.4 Å². The van der Waals surface area contributed by atoms with Gasteiger partial charge in [-0.15, -0.1) is 0 Å². The summed E-state index contributed by atoms with van der Waals surface area (Å²) in [6, 6.07) is 1.79. The molecule has 0 spiro atoms. The summed E-state index contributed by atoms with van der Waals surface area (Å²) in [4.78, 5) is 35.7. The molecular weight excluding hydrogens is 374 g/mol. The summed E-state index contributed by atoms with van der Waals surface area (Å²) in [7, 11) is 0. The number of carboxylic acids is 1. The number of benzene rings is 1. The first-order valence-corrected chi connectivity index (χ1v) is 9.00. The summed E-state index contributed by atoms with van der Waals surface area (Å²) in [6.07, 6.45) is 0.655. The van der Waals surface area contributed by atoms with Crippen molar-refractivity contribution in [1.29, 1.82) is 0 Å². The molecule has 0 radical (unpaired) electrons. The second-order valence-electron chi connectivity index (χ2n) is 6.56. The van der Waals surface area contributed by atoms with E-state index >= 15 is 0 Å². The van der Waals surface area contributed by atoms with Crippen LogP contribution in [0.5, 0.6) is 5.75 Å². The molecule has 2 unspecified atom stereocenters. The first-order chi connectivity index (χ1) is 12.6. The first-order valence-electron chi connectivity index (χ1n) is 8.62. The molecule has 27 heavy (non-hydrogen) atoms. The van der Waals surface area contributed by atoms with Gasteiger partial charge in [0.05, 0.1) is 5.02 Å². The van der Waals surface area contributed by atoms with Crippen LogP contribution in [0.4, 0.5) is 0 Å². The quantitative estimate of drug-likeness (QED) is 0.620. The Morgan fingerprint density at radius 3 is 2.59 bits per heavy atom. The number of hydrogen-bond donors (Lipinski definition) is 3. The van der Waals surface area contributed by atoms with E-state index in [-0.39, 0.29) is 35.1 Å². The third-order valence-electron chi connectivity index (χ3n) is 4.75. The molecule has 1 aromatic carbocycles. The van der Waals surface area contributed by atoms with Crippen LogP contribution in [0, 0.1) is 12.8 Å². The molecule has 0 aliphatic rings. The van der Waals surface area contributed by atoms with Gasteiger partial charge in [-0.3, -0.25) is 4.79 Å². The fourth-order valence-electron chi connectivity index (χ4n) is 2.85. The molecule has 3 N–H and O–H groups in total. The largest absolute Gasteiger partial charge is 0.506 e. The Morgan fingerprint density at radius 1 is 1.33 bits per heavy atom. The Kier molecular flexibility index (Phi) is 6.49. The van der Waals surface area contributed by atoms with Gasteiger partial charge < -0.3 is 19.9 Å². The summed E-state index contributed by atoms with van der Waals surface area (Å²) >= 11 is 5.92. The molecule has 1 aromatic heterocycles. The minimum absolute atomic E-state index is 0.0524. The molecule has 146 valence electrons. The van der Waals surface area contributed by atoms with Gasteiger partial charge >= 0.3 is 11.6 Å². The standard InChI is InChI=1S/C19H22ClNO6/c1-4-9(2)17(18(24)25)21-16(23)6-5-11-10(3)12-7-13(20)14(22)8-15(12)27-19(11)26/h7-9,17,22H,4-6H2,1-3H3,(H,21,23)(H,24,25). The van der Waals surface area contributed by atoms with Gasteiger partial charge in [-0.05, 0) is 30.9 Å². The van der Waals surface area contributed by atoms with Crippen molar-refractivity contribution in [2.45, 2.75) is 46.1 Å². The molecule has 0 aliphatic heterocycles. The van der Waals surface area contributed by atoms with Gasteiger partial charge in [0, 0.05) is 23.4 Å². The van der Waals surface area contributed by atoms with Crippen molar-refractivity contribution in [2.24, 2.45) is 5.92 Å². The lowest BCUT2D eigenvalue weighted by Gasteiger charge is -2.20. The van der Waals surface area contributed by atoms with E-state index in [0.717, 1.165) is 0 Å². The van der Waals surface area contributed by atoms with E-state index < -0.39 is 23.5 Å². The predicted octanol–water partition coefficient (Wildman–Crippen LogP) is 3.01. The molecule has 8 heteroatoms. The number of carbonyl (C=O) groups is 2. The number of aliphatic carboxylic acids is 1. The highest BCUT2D eigenvalue weighted by Gasteiger charge is 2.25. The monoisotopic (exact) mass is 395 g/mol. The van der Waals surface area contributed by atoms with Gasteiger partial charge in [-0.1, -0.05) is 31.9 Å². The van der Waals surface area contributed by atoms with E-state index in [0.29, 0.717) is 22.9 Å². The molecule has 0 bridgehead atoms. The number of carbonyl (C=O) groups excluding carboxylic acids is 1. The summed E-state index contributed by atoms with van der Waals surface area (Å²) in [5.41, 5.74) is 0.518. The van der Waals surface area contributed by atoms with Crippen molar-refractivity contribution in [3.63, 3.8) is 0 Å². The van der Waals surface area contributed by atoms with Crippen LogP contribution in [-0.2, 0) is 16.0 Å². The zero-order valence-corrected chi connectivity index (χ0v) is 16.1. The minimum Gasteiger partial charge on any atom is -0.506 e. The van der Waals surface area contributed by atoms with Crippen molar-refractivity contribution in [2.75, 3.05) is 0 Å². The average Bonchev–Trinajstić information content (AvgIpc) is 2.60. The van der Waals surface area contributed by atoms with E-state index in [1.165, 1.54) is 12.1 Å². The van der Waals surface area contributed by atoms with Crippen molar-refractivity contribution in [1.82, 2.24) is 5.32 Å². The van der Waals surface area contributed by atoms with Crippen LogP contribution >= 0.6 is 11.6 Å². The number of phenols is 1. The highest BCUT2D eigenvalue weighted by molar-refractivity contribution is 6.32. The van der Waals surface area contributed by atoms with Crippen molar-refractivity contribution >= 4 is 34.4 Å². The van der Waals surface area contributed by atoms with Crippen LogP contribution in [0.25, 0.3) is 11.0 Å². The van der Waals surface area contributed by atoms with Crippen LogP contribution in [0.1, 0.15) is 37.8 Å². The van der Waals surface area contributed by atoms with Crippen LogP contribution < -0.4 is 10.9 Å². The van der Waals surface area contributed by atoms with Crippen LogP contribution in [0.3, 0.4) is 0 Å². The smallest absolute Gasteiger partial charge is 0.339 e. The van der Waals surface area contributed by atoms with E-state index in [1.54, 1.807) is 13.8 Å². The van der Waals surface area contributed by atoms with Gasteiger partial charge in [0.2, 0.25) is 5.91 Å². The molecule has 0 fully saturated rings. The second-order valence-corrected chi connectivity index (χ2v) is 6.97. The summed E-state index contributed by atoms with van der Waals surface area (Å²) in [6.45, 7) is 5.30. The molecule has 0 saturated heterocycles. The Hall–Kier alpha value is -2.54. The van der Waals surface area contributed by atoms with E-state index in [4.69, 9.17) is 16.0 Å². The highest BCUT2D eigenvalue weighted by Crippen LogP contribution is 2.30. The van der Waals surface area contributed by atoms with Gasteiger partial charge in [-0.25, -0.2) is 9.59 Å². The lowest BCUT2D eigenvalue weighted by Crippen LogP contribution is -2.45. The number of rotatable bonds is 7. The predicted molar refractivity (Wildman–Crippen MR) is 101 cm³/mol. The molecule has 1 amide bonds. The van der Waals surface area contributed by atoms with Crippen molar-refractivity contribution < 1.29 is 24.2 Å². The maximum atomic E-state index is 12.2. The molecule has 0 saturated carbocycles. The van der Waals surface area contributed by atoms with Crippen molar-refractivity contribution in [3.8, 4) is 5.75 Å². The normalized spacial score (nSPS) is 13.3. The number of phenolic OH excluding ortho intramolecular Hbond substituents is 1. The third-order valence-corrected chi connectivity index (χ3v) is 5.06. The molecule has 0 aliphatic carbocycles. The minimum atomic E-state index is -1.09. The molecule has 2 atom stereocenters. The molecular formula is C19H22ClNO6. The van der Waals surface area contributed by atoms with E-state index in [9.17, 15) is 24.6 Å². The third kappa shape index (κ3) is 4.60. The molecule has 1 heterocycles. The number of carboxylic acid groups (broad SMARTS) is 1. The lowest BCUT2D eigenvalue weighted by atomic mass is 9.98. The highest BCUT2D eigenvalue weighted by atomic mass is 35.5. The topological polar surface area (TPSA) is 117 Å². The van der Waals surface area contributed by atoms with Gasteiger partial charge in [-0.2, -0.15) is 0 Å². The Morgan fingerprint density at radius 2 is 2.00 bits per heavy atom. The number of aryl methyl sites for hydroxylation is 1. The number of amides is 1. The fourth-order valence-corrected chi connectivity index (χ4v) is 3.02. The number of aromatic hydroxyl groups is 1. The number of fused-ring (bicyclic) bond motifs is 1. The number of nitrogens with one attached hydrogen (secondary N) is 1. The zero-order valence-electron chi connectivity index (χ0n) is 15.3. The van der Waals surface area contributed by atoms with Crippen LogP contribution in [0.15, 0.2) is 21.3 Å². The van der Waals surface area contributed by atoms with Crippen LogP contribution in [-0.4, -0.2) is 28.1 Å². The molecule has 7 nitrogen and oxygen atoms in total. The van der Waals surface area contributed by atoms with E-state index in [2.05, 4.69) is 5.32 Å². The molecule has 2 aromatic rings. The average molecular weight is 396 g/mol. The maximum absolute atomic E-state index is 12.2. The lowest BCUT2D eigenvalue weighted by molar-refractivity contribution is -0.143. The number of halogens is 1. The van der Waals surface area contributed by atoms with Crippen molar-refractivity contribution in [3.05, 3.63) is 38.7 Å². The summed E-state index contributed by atoms with van der Waals surface area (Å²) < 4.78 is 5.22. The Bertz CT molecular complexity index is 936. The summed E-state index contributed by atoms with van der Waals surface area (Å²) in [5.74, 6) is -1.95. The van der Waals surface area contributed by atoms with Gasteiger partial charge in [0.25, 0.3) is 0 Å². The van der Waals surface area contributed by atoms with Gasteiger partial charge in [0.15, 0.2) is 0 Å². The Labute approximate surface area is 160 Å². The zero-order chi connectivity index (χ0) is 20.3. The Balaban J connectivity index is 2.21. The van der Waals surface area contributed by atoms with E-state index in [1.807, 2.05) is 6.92 Å². The second kappa shape index (κ2) is 8.43. The maximum Gasteiger partial charge on any atom is 0.339 e. The first kappa shape index (κ1) is 20.8. The van der Waals surface area contributed by atoms with Crippen LogP contribution in [0.2, 0.25) is 5.02 Å².